The van der Waals surface area contributed by atoms with Crippen molar-refractivity contribution in [1.29, 1.82) is 0 Å². The van der Waals surface area contributed by atoms with E-state index >= 15 is 0 Å². The van der Waals surface area contributed by atoms with Gasteiger partial charge in [0.05, 0.1) is 6.54 Å². The molecule has 1 aromatic carbocycles. The van der Waals surface area contributed by atoms with Crippen molar-refractivity contribution in [2.75, 3.05) is 18.0 Å². The monoisotopic (exact) mass is 264 g/mol. The van der Waals surface area contributed by atoms with Crippen LogP contribution in [0.1, 0.15) is 20.3 Å². The van der Waals surface area contributed by atoms with E-state index in [1.807, 2.05) is 32.0 Å². The topological polar surface area (TPSA) is 72.6 Å². The Morgan fingerprint density at radius 2 is 1.95 bits per heavy atom. The molecule has 0 fully saturated rings. The lowest BCUT2D eigenvalue weighted by Crippen LogP contribution is -2.37. The average molecular weight is 264 g/mol. The summed E-state index contributed by atoms with van der Waals surface area (Å²) in [5, 5.41) is 0. The number of esters is 1. The number of anilines is 1. The van der Waals surface area contributed by atoms with Crippen LogP contribution in [-0.2, 0) is 9.53 Å². The van der Waals surface area contributed by atoms with Crippen LogP contribution >= 0.6 is 0 Å². The zero-order valence-corrected chi connectivity index (χ0v) is 11.3. The van der Waals surface area contributed by atoms with Crippen LogP contribution in [0.15, 0.2) is 30.3 Å². The summed E-state index contributed by atoms with van der Waals surface area (Å²) in [6, 6.07) is 9.13. The maximum Gasteiger partial charge on any atom is 0.422 e. The minimum Gasteiger partial charge on any atom is -0.375 e. The van der Waals surface area contributed by atoms with Crippen LogP contribution < -0.4 is 10.6 Å². The van der Waals surface area contributed by atoms with Gasteiger partial charge in [0.25, 0.3) is 0 Å². The molecule has 1 atom stereocenters. The van der Waals surface area contributed by atoms with Gasteiger partial charge in [0, 0.05) is 12.2 Å². The van der Waals surface area contributed by atoms with Gasteiger partial charge < -0.3 is 10.5 Å². The quantitative estimate of drug-likeness (QED) is 0.653. The molecule has 0 spiro atoms. The van der Waals surface area contributed by atoms with Gasteiger partial charge in [-0.2, -0.15) is 0 Å². The van der Waals surface area contributed by atoms with Crippen molar-refractivity contribution in [2.45, 2.75) is 20.3 Å². The fourth-order valence-corrected chi connectivity index (χ4v) is 1.53. The van der Waals surface area contributed by atoms with Crippen molar-refractivity contribution in [3.05, 3.63) is 30.3 Å². The van der Waals surface area contributed by atoms with Gasteiger partial charge in [-0.3, -0.25) is 9.69 Å². The van der Waals surface area contributed by atoms with E-state index in [4.69, 9.17) is 5.73 Å². The standard InChI is InChI=1S/C14H20N2O3/c1-3-11(2)10-16(12-7-5-4-6-8-12)14(18)19-13(17)9-15/h4-8,11H,3,9-10,15H2,1-2H3. The molecule has 0 heterocycles. The third-order valence-corrected chi connectivity index (χ3v) is 2.85. The summed E-state index contributed by atoms with van der Waals surface area (Å²) in [5.41, 5.74) is 5.85. The smallest absolute Gasteiger partial charge is 0.375 e. The van der Waals surface area contributed by atoms with Crippen LogP contribution in [0.5, 0.6) is 0 Å². The first-order valence-electron chi connectivity index (χ1n) is 6.35. The van der Waals surface area contributed by atoms with Crippen molar-refractivity contribution in [3.8, 4) is 0 Å². The molecular weight excluding hydrogens is 244 g/mol. The molecule has 0 aliphatic carbocycles. The zero-order chi connectivity index (χ0) is 14.3. The molecule has 5 nitrogen and oxygen atoms in total. The minimum atomic E-state index is -0.727. The van der Waals surface area contributed by atoms with E-state index in [0.29, 0.717) is 18.2 Å². The van der Waals surface area contributed by atoms with Crippen LogP contribution in [0.4, 0.5) is 10.5 Å². The lowest BCUT2D eigenvalue weighted by atomic mass is 10.1. The number of nitrogens with zero attached hydrogens (tertiary/aromatic N) is 1. The summed E-state index contributed by atoms with van der Waals surface area (Å²) in [5.74, 6) is -0.421. The third-order valence-electron chi connectivity index (χ3n) is 2.85. The highest BCUT2D eigenvalue weighted by Gasteiger charge is 2.21. The van der Waals surface area contributed by atoms with Crippen molar-refractivity contribution in [3.63, 3.8) is 0 Å². The maximum atomic E-state index is 12.0. The molecule has 1 rings (SSSR count). The Bertz CT molecular complexity index is 420. The highest BCUT2D eigenvalue weighted by Crippen LogP contribution is 2.17. The molecule has 0 aliphatic rings. The predicted molar refractivity (Wildman–Crippen MR) is 73.8 cm³/mol. The van der Waals surface area contributed by atoms with Crippen LogP contribution in [0.3, 0.4) is 0 Å². The minimum absolute atomic E-state index is 0.306. The van der Waals surface area contributed by atoms with Crippen molar-refractivity contribution < 1.29 is 14.3 Å². The van der Waals surface area contributed by atoms with Crippen molar-refractivity contribution in [2.24, 2.45) is 11.7 Å². The van der Waals surface area contributed by atoms with Gasteiger partial charge in [-0.1, -0.05) is 38.5 Å². The summed E-state index contributed by atoms with van der Waals surface area (Å²) in [6.45, 7) is 4.27. The highest BCUT2D eigenvalue weighted by atomic mass is 16.6. The Morgan fingerprint density at radius 1 is 1.32 bits per heavy atom. The zero-order valence-electron chi connectivity index (χ0n) is 11.3. The summed E-state index contributed by atoms with van der Waals surface area (Å²) >= 11 is 0. The number of rotatable bonds is 5. The number of amides is 1. The number of carbonyl (C=O) groups excluding carboxylic acids is 2. The van der Waals surface area contributed by atoms with Gasteiger partial charge in [0.1, 0.15) is 0 Å². The van der Waals surface area contributed by atoms with E-state index in [1.54, 1.807) is 12.1 Å². The van der Waals surface area contributed by atoms with Crippen molar-refractivity contribution in [1.82, 2.24) is 0 Å². The van der Waals surface area contributed by atoms with Gasteiger partial charge in [-0.25, -0.2) is 4.79 Å². The Balaban J connectivity index is 2.86. The second-order valence-electron chi connectivity index (χ2n) is 4.40. The number of para-hydroxylation sites is 1. The van der Waals surface area contributed by atoms with E-state index in [0.717, 1.165) is 6.42 Å². The van der Waals surface area contributed by atoms with Crippen LogP contribution in [-0.4, -0.2) is 25.2 Å². The van der Waals surface area contributed by atoms with Gasteiger partial charge in [-0.05, 0) is 18.1 Å². The second-order valence-corrected chi connectivity index (χ2v) is 4.40. The summed E-state index contributed by atoms with van der Waals surface area (Å²) < 4.78 is 4.68. The van der Waals surface area contributed by atoms with E-state index in [-0.39, 0.29) is 6.54 Å². The lowest BCUT2D eigenvalue weighted by molar-refractivity contribution is -0.135. The van der Waals surface area contributed by atoms with E-state index in [9.17, 15) is 9.59 Å². The van der Waals surface area contributed by atoms with E-state index in [2.05, 4.69) is 4.74 Å². The normalized spacial score (nSPS) is 11.7. The first-order chi connectivity index (χ1) is 9.08. The molecule has 0 aromatic heterocycles. The van der Waals surface area contributed by atoms with Gasteiger partial charge in [-0.15, -0.1) is 0 Å². The Labute approximate surface area is 113 Å². The van der Waals surface area contributed by atoms with E-state index < -0.39 is 12.1 Å². The number of benzene rings is 1. The number of ether oxygens (including phenoxy) is 1. The first-order valence-corrected chi connectivity index (χ1v) is 6.35. The predicted octanol–water partition coefficient (Wildman–Crippen LogP) is 2.16. The molecule has 1 aromatic rings. The SMILES string of the molecule is CCC(C)CN(C(=O)OC(=O)CN)c1ccccc1. The van der Waals surface area contributed by atoms with Gasteiger partial charge in [0.15, 0.2) is 0 Å². The van der Waals surface area contributed by atoms with Crippen LogP contribution in [0, 0.1) is 5.92 Å². The number of nitrogens with two attached hydrogens (primary N) is 1. The Morgan fingerprint density at radius 3 is 2.47 bits per heavy atom. The largest absolute Gasteiger partial charge is 0.422 e. The molecule has 104 valence electrons. The summed E-state index contributed by atoms with van der Waals surface area (Å²) in [4.78, 5) is 24.6. The molecule has 2 N–H and O–H groups in total. The number of hydrogen-bond acceptors (Lipinski definition) is 4. The van der Waals surface area contributed by atoms with Gasteiger partial charge >= 0.3 is 12.1 Å². The first kappa shape index (κ1) is 15.2. The molecule has 0 saturated carbocycles. The third kappa shape index (κ3) is 4.71. The summed E-state index contributed by atoms with van der Waals surface area (Å²) in [7, 11) is 0. The molecule has 1 unspecified atom stereocenters. The van der Waals surface area contributed by atoms with Crippen LogP contribution in [0.25, 0.3) is 0 Å². The molecular formula is C14H20N2O3. The van der Waals surface area contributed by atoms with Crippen molar-refractivity contribution >= 4 is 17.7 Å². The Hall–Kier alpha value is -1.88. The average Bonchev–Trinajstić information content (AvgIpc) is 2.44. The second kappa shape index (κ2) is 7.53. The fraction of sp³-hybridized carbons (Fsp3) is 0.429. The lowest BCUT2D eigenvalue weighted by Gasteiger charge is -2.24. The van der Waals surface area contributed by atoms with E-state index in [1.165, 1.54) is 4.90 Å². The molecule has 0 aliphatic heterocycles. The molecule has 19 heavy (non-hydrogen) atoms. The Kier molecular flexibility index (Phi) is 6.02. The highest BCUT2D eigenvalue weighted by molar-refractivity contribution is 5.95. The van der Waals surface area contributed by atoms with Gasteiger partial charge in [0.2, 0.25) is 0 Å². The molecule has 0 saturated heterocycles. The molecule has 0 bridgehead atoms. The molecule has 0 radical (unpaired) electrons. The summed E-state index contributed by atoms with van der Waals surface area (Å²) in [6.07, 6.45) is 0.253. The molecule has 1 amide bonds. The number of hydrogen-bond donors (Lipinski definition) is 1. The fourth-order valence-electron chi connectivity index (χ4n) is 1.53. The molecule has 5 heteroatoms. The number of carbonyl (C=O) groups is 2. The van der Waals surface area contributed by atoms with Crippen LogP contribution in [0.2, 0.25) is 0 Å². The maximum absolute atomic E-state index is 12.0.